The summed E-state index contributed by atoms with van der Waals surface area (Å²) in [5.74, 6) is -0.0890. The van der Waals surface area contributed by atoms with Crippen LogP contribution >= 0.6 is 0 Å². The summed E-state index contributed by atoms with van der Waals surface area (Å²) in [7, 11) is 0. The highest BCUT2D eigenvalue weighted by Gasteiger charge is 2.35. The molecule has 12 heteroatoms. The summed E-state index contributed by atoms with van der Waals surface area (Å²) in [5.41, 5.74) is -0.971. The quantitative estimate of drug-likeness (QED) is 0.498. The molecule has 0 atom stereocenters. The molecule has 1 aliphatic heterocycles. The van der Waals surface area contributed by atoms with Gasteiger partial charge in [-0.2, -0.15) is 22.8 Å². The molecule has 1 amide bonds. The molecule has 3 heterocycles. The highest BCUT2D eigenvalue weighted by atomic mass is 19.4. The molecule has 0 bridgehead atoms. The van der Waals surface area contributed by atoms with Crippen LogP contribution in [0, 0.1) is 16.0 Å². The first-order valence-electron chi connectivity index (χ1n) is 9.44. The van der Waals surface area contributed by atoms with Crippen molar-refractivity contribution in [3.63, 3.8) is 0 Å². The predicted molar refractivity (Wildman–Crippen MR) is 105 cm³/mol. The number of anilines is 2. The lowest BCUT2D eigenvalue weighted by Crippen LogP contribution is -2.38. The van der Waals surface area contributed by atoms with Crippen molar-refractivity contribution < 1.29 is 22.9 Å². The summed E-state index contributed by atoms with van der Waals surface area (Å²) in [5, 5.41) is 18.3. The smallest absolute Gasteiger partial charge is 0.366 e. The zero-order chi connectivity index (χ0) is 22.2. The number of nitrogens with zero attached hydrogens (tertiary/aromatic N) is 5. The zero-order valence-corrected chi connectivity index (χ0v) is 16.0. The molecular formula is C19H17F3N6O3. The fraction of sp³-hybridized carbons (Fsp3) is 0.316. The highest BCUT2D eigenvalue weighted by molar-refractivity contribution is 5.92. The van der Waals surface area contributed by atoms with Gasteiger partial charge in [-0.1, -0.05) is 0 Å². The number of benzene rings is 1. The molecular weight excluding hydrogens is 417 g/mol. The molecule has 1 N–H and O–H groups in total. The van der Waals surface area contributed by atoms with E-state index >= 15 is 0 Å². The Hall–Kier alpha value is -3.70. The van der Waals surface area contributed by atoms with Gasteiger partial charge in [0.25, 0.3) is 5.69 Å². The largest absolute Gasteiger partial charge is 0.416 e. The topological polar surface area (TPSA) is 106 Å². The lowest BCUT2D eigenvalue weighted by atomic mass is 9.95. The maximum absolute atomic E-state index is 12.9. The van der Waals surface area contributed by atoms with Gasteiger partial charge in [-0.25, -0.2) is 4.98 Å². The fourth-order valence-corrected chi connectivity index (χ4v) is 3.65. The standard InChI is InChI=1S/C19H17F3N6O3/c20-19(21,22)13-1-2-14(15(11-13)28(30)31)26-9-5-12(6-10-26)18(29)25-17-3-7-23-16-4-8-24-27(16)17/h1-4,7-8,11-12H,5-6,9-10H2,(H,25,29). The Morgan fingerprint density at radius 2 is 1.90 bits per heavy atom. The number of hydrogen-bond donors (Lipinski definition) is 1. The minimum atomic E-state index is -4.67. The van der Waals surface area contributed by atoms with Crippen molar-refractivity contribution in [1.29, 1.82) is 0 Å². The number of piperidine rings is 1. The Bertz CT molecular complexity index is 1140. The van der Waals surface area contributed by atoms with Crippen molar-refractivity contribution in [1.82, 2.24) is 14.6 Å². The maximum atomic E-state index is 12.9. The van der Waals surface area contributed by atoms with Crippen molar-refractivity contribution in [2.24, 2.45) is 5.92 Å². The second-order valence-corrected chi connectivity index (χ2v) is 7.14. The molecule has 1 saturated heterocycles. The fourth-order valence-electron chi connectivity index (χ4n) is 3.65. The maximum Gasteiger partial charge on any atom is 0.416 e. The van der Waals surface area contributed by atoms with E-state index < -0.39 is 22.4 Å². The van der Waals surface area contributed by atoms with Crippen molar-refractivity contribution in [2.75, 3.05) is 23.3 Å². The Labute approximate surface area is 173 Å². The zero-order valence-electron chi connectivity index (χ0n) is 16.0. The summed E-state index contributed by atoms with van der Waals surface area (Å²) < 4.78 is 40.2. The number of alkyl halides is 3. The SMILES string of the molecule is O=C(Nc1ccnc2ccnn12)C1CCN(c2ccc(C(F)(F)F)cc2[N+](=O)[O-])CC1. The molecule has 1 aliphatic rings. The summed E-state index contributed by atoms with van der Waals surface area (Å²) in [4.78, 5) is 29.0. The van der Waals surface area contributed by atoms with Gasteiger partial charge in [-0.15, -0.1) is 0 Å². The number of nitro groups is 1. The number of rotatable bonds is 4. The molecule has 0 unspecified atom stereocenters. The molecule has 0 aliphatic carbocycles. The van der Waals surface area contributed by atoms with Gasteiger partial charge in [0.05, 0.1) is 16.7 Å². The molecule has 162 valence electrons. The third kappa shape index (κ3) is 4.13. The van der Waals surface area contributed by atoms with Gasteiger partial charge < -0.3 is 10.2 Å². The Morgan fingerprint density at radius 3 is 2.58 bits per heavy atom. The van der Waals surface area contributed by atoms with E-state index in [1.54, 1.807) is 29.4 Å². The van der Waals surface area contributed by atoms with Crippen molar-refractivity contribution in [2.45, 2.75) is 19.0 Å². The van der Waals surface area contributed by atoms with Crippen LogP contribution in [0.15, 0.2) is 42.7 Å². The van der Waals surface area contributed by atoms with Crippen molar-refractivity contribution in [3.05, 3.63) is 58.4 Å². The Balaban J connectivity index is 1.45. The minimum Gasteiger partial charge on any atom is -0.366 e. The number of hydrogen-bond acceptors (Lipinski definition) is 6. The molecule has 4 rings (SSSR count). The van der Waals surface area contributed by atoms with E-state index in [2.05, 4.69) is 15.4 Å². The average molecular weight is 434 g/mol. The van der Waals surface area contributed by atoms with E-state index in [0.717, 1.165) is 12.1 Å². The number of carbonyl (C=O) groups is 1. The van der Waals surface area contributed by atoms with E-state index in [4.69, 9.17) is 0 Å². The normalized spacial score (nSPS) is 15.3. The number of halogens is 3. The van der Waals surface area contributed by atoms with Crippen LogP contribution in [-0.4, -0.2) is 38.5 Å². The molecule has 0 radical (unpaired) electrons. The van der Waals surface area contributed by atoms with Gasteiger partial charge in [0.1, 0.15) is 11.5 Å². The minimum absolute atomic E-state index is 0.115. The van der Waals surface area contributed by atoms with Crippen LogP contribution in [0.25, 0.3) is 5.65 Å². The lowest BCUT2D eigenvalue weighted by molar-refractivity contribution is -0.384. The lowest BCUT2D eigenvalue weighted by Gasteiger charge is -2.32. The summed E-state index contributed by atoms with van der Waals surface area (Å²) in [6.07, 6.45) is -0.748. The van der Waals surface area contributed by atoms with Crippen LogP contribution in [0.3, 0.4) is 0 Å². The van der Waals surface area contributed by atoms with E-state index in [1.165, 1.54) is 4.52 Å². The van der Waals surface area contributed by atoms with Gasteiger partial charge >= 0.3 is 6.18 Å². The van der Waals surface area contributed by atoms with Gasteiger partial charge in [-0.3, -0.25) is 14.9 Å². The molecule has 0 saturated carbocycles. The first kappa shape index (κ1) is 20.6. The predicted octanol–water partition coefficient (Wildman–Crippen LogP) is 3.51. The number of fused-ring (bicyclic) bond motifs is 1. The molecule has 31 heavy (non-hydrogen) atoms. The van der Waals surface area contributed by atoms with Gasteiger partial charge in [0.15, 0.2) is 5.65 Å². The molecule has 1 fully saturated rings. The van der Waals surface area contributed by atoms with E-state index in [0.29, 0.717) is 43.5 Å². The van der Waals surface area contributed by atoms with Crippen LogP contribution in [0.5, 0.6) is 0 Å². The molecule has 9 nitrogen and oxygen atoms in total. The number of nitrogens with one attached hydrogen (secondary N) is 1. The van der Waals surface area contributed by atoms with Crippen molar-refractivity contribution in [3.8, 4) is 0 Å². The molecule has 1 aromatic carbocycles. The van der Waals surface area contributed by atoms with E-state index in [1.807, 2.05) is 0 Å². The first-order valence-corrected chi connectivity index (χ1v) is 9.44. The number of aromatic nitrogens is 3. The van der Waals surface area contributed by atoms with Crippen LogP contribution < -0.4 is 10.2 Å². The first-order chi connectivity index (χ1) is 14.7. The highest BCUT2D eigenvalue weighted by Crippen LogP contribution is 2.37. The third-order valence-corrected chi connectivity index (χ3v) is 5.25. The Kier molecular flexibility index (Phi) is 5.21. The average Bonchev–Trinajstić information content (AvgIpc) is 3.22. The van der Waals surface area contributed by atoms with E-state index in [9.17, 15) is 28.1 Å². The molecule has 3 aromatic rings. The third-order valence-electron chi connectivity index (χ3n) is 5.25. The van der Waals surface area contributed by atoms with E-state index in [-0.39, 0.29) is 17.5 Å². The van der Waals surface area contributed by atoms with Gasteiger partial charge in [0.2, 0.25) is 5.91 Å². The van der Waals surface area contributed by atoms with Gasteiger partial charge in [0, 0.05) is 37.3 Å². The number of amides is 1. The Morgan fingerprint density at radius 1 is 1.16 bits per heavy atom. The monoisotopic (exact) mass is 434 g/mol. The van der Waals surface area contributed by atoms with Crippen LogP contribution in [0.2, 0.25) is 0 Å². The van der Waals surface area contributed by atoms with Crippen LogP contribution in [0.4, 0.5) is 30.4 Å². The number of carbonyl (C=O) groups excluding carboxylic acids is 1. The second kappa shape index (κ2) is 7.85. The van der Waals surface area contributed by atoms with Crippen LogP contribution in [0.1, 0.15) is 18.4 Å². The molecule has 0 spiro atoms. The summed E-state index contributed by atoms with van der Waals surface area (Å²) in [6.45, 7) is 0.607. The summed E-state index contributed by atoms with van der Waals surface area (Å²) >= 11 is 0. The number of nitro benzene ring substituents is 1. The van der Waals surface area contributed by atoms with Crippen molar-refractivity contribution >= 4 is 28.7 Å². The van der Waals surface area contributed by atoms with Crippen LogP contribution in [-0.2, 0) is 11.0 Å². The van der Waals surface area contributed by atoms with Gasteiger partial charge in [-0.05, 0) is 31.0 Å². The summed E-state index contributed by atoms with van der Waals surface area (Å²) in [6, 6.07) is 5.82. The second-order valence-electron chi connectivity index (χ2n) is 7.14. The molecule has 2 aromatic heterocycles.